The highest BCUT2D eigenvalue weighted by molar-refractivity contribution is 8.16. The van der Waals surface area contributed by atoms with Crippen LogP contribution in [0.4, 0.5) is 5.69 Å². The predicted octanol–water partition coefficient (Wildman–Crippen LogP) is 4.19. The smallest absolute Gasteiger partial charge is 0.251 e. The summed E-state index contributed by atoms with van der Waals surface area (Å²) in [5.74, 6) is 2.08. The summed E-state index contributed by atoms with van der Waals surface area (Å²) in [5.41, 5.74) is 9.61. The highest BCUT2D eigenvalue weighted by Crippen LogP contribution is 2.43. The summed E-state index contributed by atoms with van der Waals surface area (Å²) in [7, 11) is 0. The second kappa shape index (κ2) is 10.5. The van der Waals surface area contributed by atoms with Crippen molar-refractivity contribution in [3.8, 4) is 0 Å². The van der Waals surface area contributed by atoms with Crippen LogP contribution in [0, 0.1) is 5.92 Å². The zero-order chi connectivity index (χ0) is 21.6. The molecule has 0 bridgehead atoms. The van der Waals surface area contributed by atoms with Gasteiger partial charge < -0.3 is 16.0 Å². The third kappa shape index (κ3) is 5.77. The van der Waals surface area contributed by atoms with E-state index in [9.17, 15) is 9.59 Å². The van der Waals surface area contributed by atoms with Crippen LogP contribution in [-0.4, -0.2) is 36.4 Å². The van der Waals surface area contributed by atoms with Gasteiger partial charge >= 0.3 is 0 Å². The number of nitrogens with zero attached hydrogens (tertiary/aromatic N) is 1. The number of thioether (sulfide) groups is 2. The molecular weight excluding hydrogens is 426 g/mol. The summed E-state index contributed by atoms with van der Waals surface area (Å²) < 4.78 is 0.488. The van der Waals surface area contributed by atoms with Gasteiger partial charge in [-0.05, 0) is 66.2 Å². The lowest BCUT2D eigenvalue weighted by atomic mass is 9.97. The number of anilines is 1. The van der Waals surface area contributed by atoms with Crippen molar-refractivity contribution in [2.45, 2.75) is 30.4 Å². The lowest BCUT2D eigenvalue weighted by molar-refractivity contribution is -0.122. The van der Waals surface area contributed by atoms with E-state index >= 15 is 0 Å². The third-order valence-corrected chi connectivity index (χ3v) is 8.87. The van der Waals surface area contributed by atoms with Crippen molar-refractivity contribution < 1.29 is 9.59 Å². The molecule has 2 aromatic rings. The fourth-order valence-electron chi connectivity index (χ4n) is 4.02. The van der Waals surface area contributed by atoms with E-state index in [0.717, 1.165) is 30.6 Å². The van der Waals surface area contributed by atoms with Crippen LogP contribution in [0.3, 0.4) is 0 Å². The molecule has 5 nitrogen and oxygen atoms in total. The maximum atomic E-state index is 12.5. The van der Waals surface area contributed by atoms with Gasteiger partial charge in [-0.2, -0.15) is 0 Å². The van der Waals surface area contributed by atoms with E-state index in [1.165, 1.54) is 23.5 Å². The average Bonchev–Trinajstić information content (AvgIpc) is 2.83. The molecule has 2 aliphatic heterocycles. The molecule has 164 valence electrons. The Morgan fingerprint density at radius 2 is 1.71 bits per heavy atom. The third-order valence-electron chi connectivity index (χ3n) is 5.85. The molecule has 2 fully saturated rings. The van der Waals surface area contributed by atoms with Crippen LogP contribution < -0.4 is 16.0 Å². The second-order valence-electron chi connectivity index (χ2n) is 8.09. The molecular formula is C24H29N3O2S2. The van der Waals surface area contributed by atoms with E-state index in [2.05, 4.69) is 34.5 Å². The minimum atomic E-state index is -0.215. The summed E-state index contributed by atoms with van der Waals surface area (Å²) in [5, 5.41) is 3.01. The molecule has 0 aliphatic carbocycles. The molecule has 0 saturated carbocycles. The van der Waals surface area contributed by atoms with Gasteiger partial charge in [0, 0.05) is 30.9 Å². The Labute approximate surface area is 192 Å². The number of piperidine rings is 1. The average molecular weight is 456 g/mol. The van der Waals surface area contributed by atoms with Gasteiger partial charge in [-0.25, -0.2) is 0 Å². The van der Waals surface area contributed by atoms with Crippen molar-refractivity contribution in [2.24, 2.45) is 11.7 Å². The predicted molar refractivity (Wildman–Crippen MR) is 130 cm³/mol. The van der Waals surface area contributed by atoms with Gasteiger partial charge in [0.1, 0.15) is 0 Å². The van der Waals surface area contributed by atoms with E-state index in [1.807, 2.05) is 47.8 Å². The van der Waals surface area contributed by atoms with Gasteiger partial charge in [0.15, 0.2) is 0 Å². The van der Waals surface area contributed by atoms with E-state index < -0.39 is 0 Å². The van der Waals surface area contributed by atoms with Crippen molar-refractivity contribution in [3.63, 3.8) is 0 Å². The number of carbonyl (C=O) groups is 2. The van der Waals surface area contributed by atoms with Gasteiger partial charge in [-0.15, -0.1) is 23.5 Å². The first-order chi connectivity index (χ1) is 15.1. The van der Waals surface area contributed by atoms with Crippen LogP contribution in [-0.2, 0) is 11.3 Å². The number of hydrogen-bond donors (Lipinski definition) is 2. The molecule has 2 saturated heterocycles. The van der Waals surface area contributed by atoms with E-state index in [4.69, 9.17) is 5.73 Å². The van der Waals surface area contributed by atoms with Crippen molar-refractivity contribution in [1.29, 1.82) is 0 Å². The number of benzene rings is 2. The molecule has 0 aromatic heterocycles. The molecule has 4 rings (SSSR count). The number of hydrogen-bond acceptors (Lipinski definition) is 5. The second-order valence-corrected chi connectivity index (χ2v) is 10.8. The normalized spacial score (nSPS) is 19.7. The zero-order valence-corrected chi connectivity index (χ0v) is 19.2. The first-order valence-corrected chi connectivity index (χ1v) is 12.9. The minimum absolute atomic E-state index is 0.0556. The number of amides is 2. The lowest BCUT2D eigenvalue weighted by Crippen LogP contribution is -2.41. The summed E-state index contributed by atoms with van der Waals surface area (Å²) in [6.45, 7) is 2.10. The molecule has 2 aliphatic rings. The summed E-state index contributed by atoms with van der Waals surface area (Å²) in [6, 6.07) is 16.2. The summed E-state index contributed by atoms with van der Waals surface area (Å²) >= 11 is 3.97. The van der Waals surface area contributed by atoms with Crippen LogP contribution in [0.1, 0.15) is 45.3 Å². The number of carbonyl (C=O) groups excluding carboxylic acids is 2. The number of nitrogens with one attached hydrogen (secondary N) is 1. The molecule has 31 heavy (non-hydrogen) atoms. The topological polar surface area (TPSA) is 75.4 Å². The van der Waals surface area contributed by atoms with Gasteiger partial charge in [0.05, 0.1) is 10.5 Å². The van der Waals surface area contributed by atoms with Gasteiger partial charge in [-0.3, -0.25) is 9.59 Å². The Hall–Kier alpha value is -2.12. The first kappa shape index (κ1) is 22.1. The van der Waals surface area contributed by atoms with Crippen LogP contribution in [0.5, 0.6) is 0 Å². The standard InChI is InChI=1S/C24H29N3O2S2/c25-22(28)20-3-1-12-27(16-20)21-10-4-17(5-11-21)15-26-23(29)18-6-8-19(9-7-18)24-30-13-2-14-31-24/h4-11,20,24H,1-3,12-16H2,(H2,25,28)(H,26,29)/t20-/m1/s1. The van der Waals surface area contributed by atoms with Crippen molar-refractivity contribution in [2.75, 3.05) is 29.5 Å². The number of primary amides is 1. The Morgan fingerprint density at radius 3 is 2.39 bits per heavy atom. The SMILES string of the molecule is NC(=O)[C@@H]1CCCN(c2ccc(CNC(=O)c3ccc(C4SCCCS4)cc3)cc2)C1. The quantitative estimate of drug-likeness (QED) is 0.683. The van der Waals surface area contributed by atoms with Crippen LogP contribution in [0.25, 0.3) is 0 Å². The molecule has 1 atom stereocenters. The largest absolute Gasteiger partial charge is 0.371 e. The fourth-order valence-corrected chi connectivity index (χ4v) is 6.92. The monoisotopic (exact) mass is 455 g/mol. The molecule has 2 amide bonds. The highest BCUT2D eigenvalue weighted by atomic mass is 32.2. The number of nitrogens with two attached hydrogens (primary N) is 1. The molecule has 0 unspecified atom stereocenters. The highest BCUT2D eigenvalue weighted by Gasteiger charge is 2.24. The van der Waals surface area contributed by atoms with Crippen molar-refractivity contribution >= 4 is 41.0 Å². The van der Waals surface area contributed by atoms with Gasteiger partial charge in [-0.1, -0.05) is 24.3 Å². The Bertz CT molecular complexity index is 896. The summed E-state index contributed by atoms with van der Waals surface area (Å²) in [4.78, 5) is 26.3. The number of rotatable bonds is 6. The fraction of sp³-hybridized carbons (Fsp3) is 0.417. The van der Waals surface area contributed by atoms with Crippen molar-refractivity contribution in [3.05, 3.63) is 65.2 Å². The molecule has 7 heteroatoms. The maximum absolute atomic E-state index is 12.5. The molecule has 2 heterocycles. The van der Waals surface area contributed by atoms with Crippen LogP contribution in [0.15, 0.2) is 48.5 Å². The minimum Gasteiger partial charge on any atom is -0.371 e. The van der Waals surface area contributed by atoms with E-state index in [-0.39, 0.29) is 17.7 Å². The molecule has 0 radical (unpaired) electrons. The molecule has 3 N–H and O–H groups in total. The van der Waals surface area contributed by atoms with E-state index in [1.54, 1.807) is 0 Å². The Balaban J connectivity index is 1.29. The van der Waals surface area contributed by atoms with Gasteiger partial charge in [0.2, 0.25) is 5.91 Å². The Morgan fingerprint density at radius 1 is 1.00 bits per heavy atom. The summed E-state index contributed by atoms with van der Waals surface area (Å²) in [6.07, 6.45) is 3.12. The molecule has 2 aromatic carbocycles. The van der Waals surface area contributed by atoms with Crippen LogP contribution in [0.2, 0.25) is 0 Å². The van der Waals surface area contributed by atoms with Gasteiger partial charge in [0.25, 0.3) is 5.91 Å². The first-order valence-electron chi connectivity index (χ1n) is 10.8. The lowest BCUT2D eigenvalue weighted by Gasteiger charge is -2.33. The Kier molecular flexibility index (Phi) is 7.45. The maximum Gasteiger partial charge on any atom is 0.251 e. The molecule has 0 spiro atoms. The van der Waals surface area contributed by atoms with E-state index in [0.29, 0.717) is 23.2 Å². The zero-order valence-electron chi connectivity index (χ0n) is 17.6. The van der Waals surface area contributed by atoms with Crippen LogP contribution >= 0.6 is 23.5 Å². The van der Waals surface area contributed by atoms with Crippen molar-refractivity contribution in [1.82, 2.24) is 5.32 Å².